The molecule has 0 bridgehead atoms. The van der Waals surface area contributed by atoms with E-state index in [1.165, 1.54) is 19.3 Å². The maximum Gasteiger partial charge on any atom is 0.305 e. The summed E-state index contributed by atoms with van der Waals surface area (Å²) in [5.41, 5.74) is 0. The van der Waals surface area contributed by atoms with E-state index in [4.69, 9.17) is 4.74 Å². The largest absolute Gasteiger partial charge is 0.466 e. The van der Waals surface area contributed by atoms with E-state index in [1.54, 1.807) is 0 Å². The van der Waals surface area contributed by atoms with Crippen LogP contribution in [0.4, 0.5) is 0 Å². The lowest BCUT2D eigenvalue weighted by atomic mass is 10.2. The first-order chi connectivity index (χ1) is 7.81. The Balaban J connectivity index is 3.09. The molecule has 0 amide bonds. The molecule has 0 saturated carbocycles. The minimum atomic E-state index is -0.0243. The first-order valence-corrected chi connectivity index (χ1v) is 7.21. The van der Waals surface area contributed by atoms with Crippen molar-refractivity contribution >= 4 is 18.6 Å². The molecule has 0 aromatic heterocycles. The Hall–Kier alpha value is -0.180. The third-order valence-electron chi connectivity index (χ3n) is 2.55. The van der Waals surface area contributed by atoms with Gasteiger partial charge in [-0.1, -0.05) is 39.0 Å². The highest BCUT2D eigenvalue weighted by Gasteiger charge is 2.01. The molecule has 0 fully saturated rings. The van der Waals surface area contributed by atoms with Crippen LogP contribution < -0.4 is 0 Å². The van der Waals surface area contributed by atoms with Gasteiger partial charge in [-0.15, -0.1) is 0 Å². The Morgan fingerprint density at radius 2 is 1.69 bits per heavy atom. The highest BCUT2D eigenvalue weighted by atomic mass is 32.1. The number of hydrogen-bond acceptors (Lipinski definition) is 3. The zero-order valence-corrected chi connectivity index (χ0v) is 11.4. The predicted molar refractivity (Wildman–Crippen MR) is 72.0 cm³/mol. The maximum absolute atomic E-state index is 11.2. The molecule has 0 N–H and O–H groups in total. The molecule has 0 saturated heterocycles. The lowest BCUT2D eigenvalue weighted by molar-refractivity contribution is -0.143. The predicted octanol–water partition coefficient (Wildman–Crippen LogP) is 3.99. The Bertz CT molecular complexity index is 160. The molecule has 0 aromatic rings. The van der Waals surface area contributed by atoms with Gasteiger partial charge in [-0.25, -0.2) is 0 Å². The summed E-state index contributed by atoms with van der Waals surface area (Å²) in [5, 5.41) is 0. The number of esters is 1. The minimum absolute atomic E-state index is 0.0243. The lowest BCUT2D eigenvalue weighted by Gasteiger charge is -2.04. The number of thiol groups is 1. The van der Waals surface area contributed by atoms with Crippen molar-refractivity contribution in [3.05, 3.63) is 0 Å². The van der Waals surface area contributed by atoms with E-state index in [0.29, 0.717) is 13.0 Å². The van der Waals surface area contributed by atoms with E-state index in [2.05, 4.69) is 19.6 Å². The zero-order chi connectivity index (χ0) is 12.1. The second kappa shape index (κ2) is 12.9. The van der Waals surface area contributed by atoms with Crippen molar-refractivity contribution in [3.8, 4) is 0 Å². The van der Waals surface area contributed by atoms with Gasteiger partial charge in [0.1, 0.15) is 0 Å². The van der Waals surface area contributed by atoms with Crippen molar-refractivity contribution in [2.75, 3.05) is 12.4 Å². The van der Waals surface area contributed by atoms with Gasteiger partial charge in [-0.2, -0.15) is 12.6 Å². The smallest absolute Gasteiger partial charge is 0.305 e. The second-order valence-corrected chi connectivity index (χ2v) is 4.62. The fourth-order valence-corrected chi connectivity index (χ4v) is 1.75. The molecule has 0 unspecified atom stereocenters. The van der Waals surface area contributed by atoms with Crippen LogP contribution in [-0.2, 0) is 9.53 Å². The SMILES string of the molecule is CCCCCC(=O)OCCCCCCCS. The Morgan fingerprint density at radius 3 is 2.38 bits per heavy atom. The van der Waals surface area contributed by atoms with E-state index in [0.717, 1.165) is 37.9 Å². The van der Waals surface area contributed by atoms with Gasteiger partial charge in [0.25, 0.3) is 0 Å². The van der Waals surface area contributed by atoms with Crippen LogP contribution in [0, 0.1) is 0 Å². The van der Waals surface area contributed by atoms with Gasteiger partial charge in [0.2, 0.25) is 0 Å². The van der Waals surface area contributed by atoms with Crippen molar-refractivity contribution in [1.82, 2.24) is 0 Å². The molecule has 2 nitrogen and oxygen atoms in total. The molecule has 0 radical (unpaired) electrons. The van der Waals surface area contributed by atoms with Crippen molar-refractivity contribution < 1.29 is 9.53 Å². The number of unbranched alkanes of at least 4 members (excludes halogenated alkanes) is 6. The van der Waals surface area contributed by atoms with Crippen LogP contribution in [-0.4, -0.2) is 18.3 Å². The standard InChI is InChI=1S/C13H26O2S/c1-2-3-7-10-13(14)15-11-8-5-4-6-9-12-16/h16H,2-12H2,1H3. The molecular formula is C13H26O2S. The number of carbonyl (C=O) groups excluding carboxylic acids is 1. The van der Waals surface area contributed by atoms with Gasteiger partial charge >= 0.3 is 5.97 Å². The molecular weight excluding hydrogens is 220 g/mol. The van der Waals surface area contributed by atoms with E-state index in [9.17, 15) is 4.79 Å². The molecule has 96 valence electrons. The summed E-state index contributed by atoms with van der Waals surface area (Å²) < 4.78 is 5.14. The van der Waals surface area contributed by atoms with Gasteiger partial charge in [-0.05, 0) is 25.0 Å². The average Bonchev–Trinajstić information content (AvgIpc) is 2.28. The Labute approximate surface area is 106 Å². The molecule has 0 aliphatic carbocycles. The number of rotatable bonds is 11. The van der Waals surface area contributed by atoms with Crippen LogP contribution in [0.5, 0.6) is 0 Å². The molecule has 0 atom stereocenters. The molecule has 16 heavy (non-hydrogen) atoms. The van der Waals surface area contributed by atoms with Crippen LogP contribution in [0.1, 0.15) is 64.7 Å². The molecule has 0 aromatic carbocycles. The van der Waals surface area contributed by atoms with E-state index < -0.39 is 0 Å². The quantitative estimate of drug-likeness (QED) is 0.339. The number of carbonyl (C=O) groups is 1. The molecule has 0 aliphatic heterocycles. The van der Waals surface area contributed by atoms with E-state index in [1.807, 2.05) is 0 Å². The van der Waals surface area contributed by atoms with Crippen LogP contribution in [0.2, 0.25) is 0 Å². The molecule has 0 rings (SSSR count). The Morgan fingerprint density at radius 1 is 1.00 bits per heavy atom. The van der Waals surface area contributed by atoms with E-state index in [-0.39, 0.29) is 5.97 Å². The molecule has 0 heterocycles. The zero-order valence-electron chi connectivity index (χ0n) is 10.5. The first kappa shape index (κ1) is 15.8. The summed E-state index contributed by atoms with van der Waals surface area (Å²) in [6, 6.07) is 0. The summed E-state index contributed by atoms with van der Waals surface area (Å²) in [6.07, 6.45) is 9.67. The topological polar surface area (TPSA) is 26.3 Å². The third kappa shape index (κ3) is 11.9. The van der Waals surface area contributed by atoms with Crippen molar-refractivity contribution in [2.24, 2.45) is 0 Å². The van der Waals surface area contributed by atoms with Crippen molar-refractivity contribution in [2.45, 2.75) is 64.7 Å². The minimum Gasteiger partial charge on any atom is -0.466 e. The lowest BCUT2D eigenvalue weighted by Crippen LogP contribution is -2.05. The molecule has 3 heteroatoms. The van der Waals surface area contributed by atoms with Crippen LogP contribution in [0.25, 0.3) is 0 Å². The second-order valence-electron chi connectivity index (χ2n) is 4.17. The maximum atomic E-state index is 11.2. The number of ether oxygens (including phenoxy) is 1. The summed E-state index contributed by atoms with van der Waals surface area (Å²) >= 11 is 4.16. The van der Waals surface area contributed by atoms with Gasteiger partial charge in [-0.3, -0.25) is 4.79 Å². The van der Waals surface area contributed by atoms with Gasteiger partial charge in [0, 0.05) is 6.42 Å². The van der Waals surface area contributed by atoms with Gasteiger partial charge < -0.3 is 4.74 Å². The van der Waals surface area contributed by atoms with Gasteiger partial charge in [0.15, 0.2) is 0 Å². The highest BCUT2D eigenvalue weighted by molar-refractivity contribution is 7.80. The summed E-state index contributed by atoms with van der Waals surface area (Å²) in [5.74, 6) is 0.954. The summed E-state index contributed by atoms with van der Waals surface area (Å²) in [4.78, 5) is 11.2. The molecule has 0 spiro atoms. The average molecular weight is 246 g/mol. The van der Waals surface area contributed by atoms with Crippen LogP contribution in [0.15, 0.2) is 0 Å². The van der Waals surface area contributed by atoms with E-state index >= 15 is 0 Å². The monoisotopic (exact) mass is 246 g/mol. The van der Waals surface area contributed by atoms with Crippen molar-refractivity contribution in [1.29, 1.82) is 0 Å². The Kier molecular flexibility index (Phi) is 12.7. The fraction of sp³-hybridized carbons (Fsp3) is 0.923. The fourth-order valence-electron chi connectivity index (χ4n) is 1.52. The van der Waals surface area contributed by atoms with Crippen LogP contribution in [0.3, 0.4) is 0 Å². The third-order valence-corrected chi connectivity index (χ3v) is 2.87. The van der Waals surface area contributed by atoms with Crippen LogP contribution >= 0.6 is 12.6 Å². The first-order valence-electron chi connectivity index (χ1n) is 6.57. The summed E-state index contributed by atoms with van der Waals surface area (Å²) in [6.45, 7) is 2.74. The van der Waals surface area contributed by atoms with Crippen molar-refractivity contribution in [3.63, 3.8) is 0 Å². The number of hydrogen-bond donors (Lipinski definition) is 1. The molecule has 0 aliphatic rings. The highest BCUT2D eigenvalue weighted by Crippen LogP contribution is 2.05. The summed E-state index contributed by atoms with van der Waals surface area (Å²) in [7, 11) is 0. The normalized spacial score (nSPS) is 10.4. The van der Waals surface area contributed by atoms with Gasteiger partial charge in [0.05, 0.1) is 6.61 Å².